The number of thioether (sulfide) groups is 1. The van der Waals surface area contributed by atoms with E-state index in [0.29, 0.717) is 22.6 Å². The number of hydrogen-bond donors (Lipinski definition) is 1. The van der Waals surface area contributed by atoms with Crippen molar-refractivity contribution in [1.29, 1.82) is 0 Å². The molecule has 0 spiro atoms. The lowest BCUT2D eigenvalue weighted by atomic mass is 10.2. The second kappa shape index (κ2) is 6.08. The summed E-state index contributed by atoms with van der Waals surface area (Å²) < 4.78 is 15.6. The highest BCUT2D eigenvalue weighted by Gasteiger charge is 2.27. The minimum absolute atomic E-state index is 0.00272. The van der Waals surface area contributed by atoms with Gasteiger partial charge in [0.15, 0.2) is 11.0 Å². The molecule has 1 aliphatic rings. The van der Waals surface area contributed by atoms with E-state index in [9.17, 15) is 9.18 Å². The van der Waals surface area contributed by atoms with Gasteiger partial charge in [-0.05, 0) is 31.9 Å². The average Bonchev–Trinajstić information content (AvgIpc) is 3.24. The summed E-state index contributed by atoms with van der Waals surface area (Å²) in [4.78, 5) is 12.0. The molecule has 1 aliphatic carbocycles. The maximum Gasteiger partial charge on any atom is 0.233 e. The number of hydrogen-bond acceptors (Lipinski definition) is 4. The fourth-order valence-corrected chi connectivity index (χ4v) is 2.88. The number of amides is 1. The molecule has 0 saturated heterocycles. The van der Waals surface area contributed by atoms with Gasteiger partial charge >= 0.3 is 0 Å². The molecule has 0 bridgehead atoms. The van der Waals surface area contributed by atoms with Crippen LogP contribution in [0.25, 0.3) is 11.4 Å². The zero-order valence-corrected chi connectivity index (χ0v) is 13.2. The second-order valence-electron chi connectivity index (χ2n) is 5.39. The molecule has 2 aromatic rings. The van der Waals surface area contributed by atoms with Gasteiger partial charge in [0.2, 0.25) is 5.91 Å². The van der Waals surface area contributed by atoms with Crippen molar-refractivity contribution in [2.45, 2.75) is 36.2 Å². The maximum absolute atomic E-state index is 13.9. The molecule has 5 nitrogen and oxygen atoms in total. The fourth-order valence-electron chi connectivity index (χ4n) is 2.05. The monoisotopic (exact) mass is 320 g/mol. The standard InChI is InChI=1S/C15H17FN4OS/c1-9(14(21)17-10-7-8-10)22-15-19-18-13(20(15)2)11-5-3-4-6-12(11)16/h3-6,9-10H,7-8H2,1-2H3,(H,17,21)/t9-/m1/s1. The lowest BCUT2D eigenvalue weighted by Crippen LogP contribution is -2.32. The van der Waals surface area contributed by atoms with Gasteiger partial charge in [-0.2, -0.15) is 0 Å². The summed E-state index contributed by atoms with van der Waals surface area (Å²) >= 11 is 1.32. The molecule has 1 aromatic carbocycles. The van der Waals surface area contributed by atoms with E-state index in [1.807, 2.05) is 6.92 Å². The van der Waals surface area contributed by atoms with Crippen LogP contribution < -0.4 is 5.32 Å². The summed E-state index contributed by atoms with van der Waals surface area (Å²) in [6.45, 7) is 1.83. The molecular formula is C15H17FN4OS. The predicted octanol–water partition coefficient (Wildman–Crippen LogP) is 2.38. The Kier molecular flexibility index (Phi) is 4.15. The van der Waals surface area contributed by atoms with Crippen LogP contribution in [0.4, 0.5) is 4.39 Å². The van der Waals surface area contributed by atoms with Crippen LogP contribution >= 0.6 is 11.8 Å². The number of nitrogens with zero attached hydrogens (tertiary/aromatic N) is 3. The fraction of sp³-hybridized carbons (Fsp3) is 0.400. The zero-order chi connectivity index (χ0) is 15.7. The van der Waals surface area contributed by atoms with E-state index >= 15 is 0 Å². The Morgan fingerprint density at radius 1 is 1.41 bits per heavy atom. The van der Waals surface area contributed by atoms with E-state index < -0.39 is 0 Å². The van der Waals surface area contributed by atoms with Crippen LogP contribution in [0.5, 0.6) is 0 Å². The van der Waals surface area contributed by atoms with E-state index in [-0.39, 0.29) is 17.0 Å². The molecule has 22 heavy (non-hydrogen) atoms. The summed E-state index contributed by atoms with van der Waals surface area (Å²) in [5.41, 5.74) is 0.402. The minimum atomic E-state index is -0.339. The number of benzene rings is 1. The Morgan fingerprint density at radius 3 is 2.82 bits per heavy atom. The molecule has 1 amide bonds. The maximum atomic E-state index is 13.9. The van der Waals surface area contributed by atoms with Gasteiger partial charge in [-0.1, -0.05) is 23.9 Å². The number of carbonyl (C=O) groups is 1. The van der Waals surface area contributed by atoms with E-state index in [0.717, 1.165) is 12.8 Å². The predicted molar refractivity (Wildman–Crippen MR) is 82.9 cm³/mol. The number of halogens is 1. The molecule has 1 N–H and O–H groups in total. The first-order valence-electron chi connectivity index (χ1n) is 7.17. The minimum Gasteiger partial charge on any atom is -0.352 e. The summed E-state index contributed by atoms with van der Waals surface area (Å²) in [7, 11) is 1.77. The molecule has 3 rings (SSSR count). The molecule has 116 valence electrons. The molecule has 0 radical (unpaired) electrons. The van der Waals surface area contributed by atoms with Crippen molar-refractivity contribution in [2.24, 2.45) is 7.05 Å². The van der Waals surface area contributed by atoms with Crippen molar-refractivity contribution < 1.29 is 9.18 Å². The Hall–Kier alpha value is -1.89. The van der Waals surface area contributed by atoms with Crippen molar-refractivity contribution in [2.75, 3.05) is 0 Å². The van der Waals surface area contributed by atoms with Crippen LogP contribution in [0.3, 0.4) is 0 Å². The summed E-state index contributed by atoms with van der Waals surface area (Å²) in [6, 6.07) is 6.78. The highest BCUT2D eigenvalue weighted by atomic mass is 32.2. The zero-order valence-electron chi connectivity index (χ0n) is 12.4. The summed E-state index contributed by atoms with van der Waals surface area (Å²) in [6.07, 6.45) is 2.12. The van der Waals surface area contributed by atoms with Crippen molar-refractivity contribution in [3.8, 4) is 11.4 Å². The average molecular weight is 320 g/mol. The van der Waals surface area contributed by atoms with Crippen LogP contribution in [-0.4, -0.2) is 32.0 Å². The third kappa shape index (κ3) is 3.14. The molecule has 0 unspecified atom stereocenters. The first kappa shape index (κ1) is 15.0. The number of nitrogens with one attached hydrogen (secondary N) is 1. The largest absolute Gasteiger partial charge is 0.352 e. The van der Waals surface area contributed by atoms with E-state index in [2.05, 4.69) is 15.5 Å². The van der Waals surface area contributed by atoms with Crippen molar-refractivity contribution >= 4 is 17.7 Å². The van der Waals surface area contributed by atoms with Crippen molar-refractivity contribution in [1.82, 2.24) is 20.1 Å². The smallest absolute Gasteiger partial charge is 0.233 e. The Bertz CT molecular complexity index is 699. The van der Waals surface area contributed by atoms with Crippen LogP contribution in [0.15, 0.2) is 29.4 Å². The van der Waals surface area contributed by atoms with Crippen molar-refractivity contribution in [3.63, 3.8) is 0 Å². The highest BCUT2D eigenvalue weighted by molar-refractivity contribution is 8.00. The van der Waals surface area contributed by atoms with Gasteiger partial charge in [-0.3, -0.25) is 4.79 Å². The quantitative estimate of drug-likeness (QED) is 0.859. The first-order valence-corrected chi connectivity index (χ1v) is 8.05. The molecular weight excluding hydrogens is 303 g/mol. The van der Waals surface area contributed by atoms with Gasteiger partial charge in [0.25, 0.3) is 0 Å². The number of rotatable bonds is 5. The molecule has 1 atom stereocenters. The third-order valence-corrected chi connectivity index (χ3v) is 4.66. The third-order valence-electron chi connectivity index (χ3n) is 3.52. The van der Waals surface area contributed by atoms with Gasteiger partial charge in [0.1, 0.15) is 5.82 Å². The van der Waals surface area contributed by atoms with Crippen molar-refractivity contribution in [3.05, 3.63) is 30.1 Å². The SMILES string of the molecule is C[C@@H](Sc1nnc(-c2ccccc2F)n1C)C(=O)NC1CC1. The van der Waals surface area contributed by atoms with Gasteiger partial charge in [0.05, 0.1) is 10.8 Å². The molecule has 0 aliphatic heterocycles. The first-order chi connectivity index (χ1) is 10.6. The van der Waals surface area contributed by atoms with Gasteiger partial charge in [0, 0.05) is 13.1 Å². The van der Waals surface area contributed by atoms with E-state index in [4.69, 9.17) is 0 Å². The Morgan fingerprint density at radius 2 is 2.14 bits per heavy atom. The Balaban J connectivity index is 1.75. The normalized spacial score (nSPS) is 15.6. The van der Waals surface area contributed by atoms with Crippen LogP contribution in [0.1, 0.15) is 19.8 Å². The van der Waals surface area contributed by atoms with Gasteiger partial charge in [-0.25, -0.2) is 4.39 Å². The molecule has 1 aromatic heterocycles. The molecule has 1 fully saturated rings. The summed E-state index contributed by atoms with van der Waals surface area (Å²) in [5.74, 6) is 0.118. The van der Waals surface area contributed by atoms with Crippen LogP contribution in [-0.2, 0) is 11.8 Å². The van der Waals surface area contributed by atoms with Crippen LogP contribution in [0.2, 0.25) is 0 Å². The summed E-state index contributed by atoms with van der Waals surface area (Å²) in [5, 5.41) is 11.4. The van der Waals surface area contributed by atoms with Gasteiger partial charge < -0.3 is 9.88 Å². The lowest BCUT2D eigenvalue weighted by Gasteiger charge is -2.11. The lowest BCUT2D eigenvalue weighted by molar-refractivity contribution is -0.120. The number of aromatic nitrogens is 3. The van der Waals surface area contributed by atoms with Gasteiger partial charge in [-0.15, -0.1) is 10.2 Å². The highest BCUT2D eigenvalue weighted by Crippen LogP contribution is 2.27. The molecule has 7 heteroatoms. The van der Waals surface area contributed by atoms with E-state index in [1.165, 1.54) is 17.8 Å². The number of carbonyl (C=O) groups excluding carboxylic acids is 1. The van der Waals surface area contributed by atoms with E-state index in [1.54, 1.807) is 29.8 Å². The molecule has 1 saturated carbocycles. The van der Waals surface area contributed by atoms with Crippen LogP contribution in [0, 0.1) is 5.82 Å². The molecule has 1 heterocycles. The second-order valence-corrected chi connectivity index (χ2v) is 6.70. The topological polar surface area (TPSA) is 59.8 Å². The Labute approximate surface area is 132 Å².